The summed E-state index contributed by atoms with van der Waals surface area (Å²) >= 11 is 0. The van der Waals surface area contributed by atoms with Crippen molar-refractivity contribution in [1.82, 2.24) is 15.4 Å². The molecule has 4 heteroatoms. The molecular formula is C15H25N3O. The van der Waals surface area contributed by atoms with Crippen LogP contribution in [0.4, 0.5) is 0 Å². The lowest BCUT2D eigenvalue weighted by atomic mass is 10.3. The monoisotopic (exact) mass is 263 g/mol. The van der Waals surface area contributed by atoms with Crippen LogP contribution in [-0.4, -0.2) is 29.2 Å². The normalized spacial score (nSPS) is 19.3. The standard InChI is InChI=1S/C15H25N3O/c1-2-7-16-9-13-8-15(19-17-13)11-18(14-5-6-14)10-12-3-4-12/h8,12,14,16H,2-7,9-11H2,1H3. The zero-order chi connectivity index (χ0) is 13.1. The number of rotatable bonds is 9. The molecule has 2 aliphatic carbocycles. The van der Waals surface area contributed by atoms with E-state index in [-0.39, 0.29) is 0 Å². The second-order valence-corrected chi connectivity index (χ2v) is 6.07. The molecule has 0 amide bonds. The van der Waals surface area contributed by atoms with E-state index in [0.717, 1.165) is 49.5 Å². The van der Waals surface area contributed by atoms with Gasteiger partial charge in [0, 0.05) is 25.2 Å². The van der Waals surface area contributed by atoms with Crippen molar-refractivity contribution in [3.05, 3.63) is 17.5 Å². The summed E-state index contributed by atoms with van der Waals surface area (Å²) in [6.45, 7) is 6.24. The van der Waals surface area contributed by atoms with Gasteiger partial charge in [0.1, 0.15) is 0 Å². The van der Waals surface area contributed by atoms with E-state index in [0.29, 0.717) is 0 Å². The Morgan fingerprint density at radius 1 is 1.37 bits per heavy atom. The third kappa shape index (κ3) is 4.05. The van der Waals surface area contributed by atoms with Gasteiger partial charge >= 0.3 is 0 Å². The summed E-state index contributed by atoms with van der Waals surface area (Å²) in [5.41, 5.74) is 1.03. The second-order valence-electron chi connectivity index (χ2n) is 6.07. The molecule has 1 heterocycles. The third-order valence-electron chi connectivity index (χ3n) is 3.95. The fraction of sp³-hybridized carbons (Fsp3) is 0.800. The fourth-order valence-corrected chi connectivity index (χ4v) is 2.52. The molecule has 0 aromatic carbocycles. The van der Waals surface area contributed by atoms with Crippen molar-refractivity contribution in [2.24, 2.45) is 5.92 Å². The van der Waals surface area contributed by atoms with Gasteiger partial charge < -0.3 is 9.84 Å². The van der Waals surface area contributed by atoms with Crippen molar-refractivity contribution < 1.29 is 4.52 Å². The van der Waals surface area contributed by atoms with Crippen LogP contribution in [0, 0.1) is 5.92 Å². The molecule has 1 aromatic rings. The Morgan fingerprint density at radius 2 is 2.21 bits per heavy atom. The molecule has 4 nitrogen and oxygen atoms in total. The molecule has 0 bridgehead atoms. The summed E-state index contributed by atoms with van der Waals surface area (Å²) in [6.07, 6.45) is 6.73. The van der Waals surface area contributed by atoms with Gasteiger partial charge in [0.15, 0.2) is 5.76 Å². The summed E-state index contributed by atoms with van der Waals surface area (Å²) in [7, 11) is 0. The first-order valence-electron chi connectivity index (χ1n) is 7.74. The first-order valence-corrected chi connectivity index (χ1v) is 7.74. The van der Waals surface area contributed by atoms with Crippen LogP contribution in [0.15, 0.2) is 10.6 Å². The van der Waals surface area contributed by atoms with E-state index in [9.17, 15) is 0 Å². The fourth-order valence-electron chi connectivity index (χ4n) is 2.52. The molecule has 2 aliphatic rings. The Bertz CT molecular complexity index is 396. The highest BCUT2D eigenvalue weighted by molar-refractivity contribution is 5.06. The highest BCUT2D eigenvalue weighted by Crippen LogP contribution is 2.35. The Hall–Kier alpha value is -0.870. The van der Waals surface area contributed by atoms with Gasteiger partial charge in [-0.2, -0.15) is 0 Å². The maximum absolute atomic E-state index is 5.47. The van der Waals surface area contributed by atoms with Crippen LogP contribution >= 0.6 is 0 Å². The summed E-state index contributed by atoms with van der Waals surface area (Å²) in [5, 5.41) is 7.51. The molecule has 1 aromatic heterocycles. The molecule has 2 fully saturated rings. The van der Waals surface area contributed by atoms with Gasteiger partial charge in [0.05, 0.1) is 12.2 Å². The molecule has 0 atom stereocenters. The van der Waals surface area contributed by atoms with E-state index in [1.807, 2.05) is 0 Å². The first-order chi connectivity index (χ1) is 9.35. The summed E-state index contributed by atoms with van der Waals surface area (Å²) in [5.74, 6) is 1.98. The molecule has 19 heavy (non-hydrogen) atoms. The van der Waals surface area contributed by atoms with Crippen molar-refractivity contribution in [3.63, 3.8) is 0 Å². The van der Waals surface area contributed by atoms with Crippen LogP contribution in [0.5, 0.6) is 0 Å². The topological polar surface area (TPSA) is 41.3 Å². The van der Waals surface area contributed by atoms with Crippen LogP contribution in [0.3, 0.4) is 0 Å². The minimum absolute atomic E-state index is 0.812. The van der Waals surface area contributed by atoms with Crippen molar-refractivity contribution in [2.75, 3.05) is 13.1 Å². The SMILES string of the molecule is CCCNCc1cc(CN(CC2CC2)C2CC2)on1. The molecule has 0 aliphatic heterocycles. The predicted molar refractivity (Wildman–Crippen MR) is 74.7 cm³/mol. The molecule has 3 rings (SSSR count). The molecule has 0 unspecified atom stereocenters. The highest BCUT2D eigenvalue weighted by Gasteiger charge is 2.34. The van der Waals surface area contributed by atoms with Crippen molar-refractivity contribution >= 4 is 0 Å². The number of hydrogen-bond acceptors (Lipinski definition) is 4. The molecule has 1 N–H and O–H groups in total. The van der Waals surface area contributed by atoms with Crippen LogP contribution < -0.4 is 5.32 Å². The van der Waals surface area contributed by atoms with Crippen LogP contribution in [0.25, 0.3) is 0 Å². The molecule has 0 spiro atoms. The summed E-state index contributed by atoms with van der Waals surface area (Å²) in [6, 6.07) is 2.93. The maximum atomic E-state index is 5.47. The van der Waals surface area contributed by atoms with Crippen LogP contribution in [0.1, 0.15) is 50.5 Å². The zero-order valence-electron chi connectivity index (χ0n) is 11.9. The minimum atomic E-state index is 0.812. The van der Waals surface area contributed by atoms with Gasteiger partial charge in [-0.15, -0.1) is 0 Å². The van der Waals surface area contributed by atoms with Gasteiger partial charge in [0.2, 0.25) is 0 Å². The molecule has 0 radical (unpaired) electrons. The number of hydrogen-bond donors (Lipinski definition) is 1. The molecular weight excluding hydrogens is 238 g/mol. The van der Waals surface area contributed by atoms with Gasteiger partial charge in [-0.3, -0.25) is 4.90 Å². The maximum Gasteiger partial charge on any atom is 0.151 e. The van der Waals surface area contributed by atoms with Gasteiger partial charge in [-0.1, -0.05) is 12.1 Å². The minimum Gasteiger partial charge on any atom is -0.360 e. The van der Waals surface area contributed by atoms with Crippen molar-refractivity contribution in [2.45, 2.75) is 58.2 Å². The Labute approximate surface area is 115 Å². The van der Waals surface area contributed by atoms with E-state index in [1.54, 1.807) is 0 Å². The van der Waals surface area contributed by atoms with E-state index < -0.39 is 0 Å². The van der Waals surface area contributed by atoms with Crippen molar-refractivity contribution in [1.29, 1.82) is 0 Å². The second kappa shape index (κ2) is 6.06. The third-order valence-corrected chi connectivity index (χ3v) is 3.95. The number of nitrogens with one attached hydrogen (secondary N) is 1. The van der Waals surface area contributed by atoms with E-state index >= 15 is 0 Å². The quantitative estimate of drug-likeness (QED) is 0.695. The van der Waals surface area contributed by atoms with Crippen LogP contribution in [-0.2, 0) is 13.1 Å². The first kappa shape index (κ1) is 13.1. The summed E-state index contributed by atoms with van der Waals surface area (Å²) in [4.78, 5) is 2.60. The number of nitrogens with zero attached hydrogens (tertiary/aromatic N) is 2. The smallest absolute Gasteiger partial charge is 0.151 e. The Morgan fingerprint density at radius 3 is 2.89 bits per heavy atom. The van der Waals surface area contributed by atoms with Crippen LogP contribution in [0.2, 0.25) is 0 Å². The zero-order valence-corrected chi connectivity index (χ0v) is 11.9. The average Bonchev–Trinajstić information content (AvgIpc) is 3.30. The van der Waals surface area contributed by atoms with E-state index in [4.69, 9.17) is 4.52 Å². The van der Waals surface area contributed by atoms with E-state index in [1.165, 1.54) is 32.2 Å². The molecule has 2 saturated carbocycles. The van der Waals surface area contributed by atoms with Gasteiger partial charge in [-0.05, 0) is 44.6 Å². The lowest BCUT2D eigenvalue weighted by molar-refractivity contribution is 0.213. The van der Waals surface area contributed by atoms with Crippen molar-refractivity contribution in [3.8, 4) is 0 Å². The largest absolute Gasteiger partial charge is 0.360 e. The Kier molecular flexibility index (Phi) is 4.18. The highest BCUT2D eigenvalue weighted by atomic mass is 16.5. The van der Waals surface area contributed by atoms with Gasteiger partial charge in [-0.25, -0.2) is 0 Å². The summed E-state index contributed by atoms with van der Waals surface area (Å²) < 4.78 is 5.47. The van der Waals surface area contributed by atoms with Gasteiger partial charge in [0.25, 0.3) is 0 Å². The lowest BCUT2D eigenvalue weighted by Crippen LogP contribution is -2.27. The average molecular weight is 263 g/mol. The Balaban J connectivity index is 1.49. The number of aromatic nitrogens is 1. The lowest BCUT2D eigenvalue weighted by Gasteiger charge is -2.19. The molecule has 106 valence electrons. The predicted octanol–water partition coefficient (Wildman–Crippen LogP) is 2.55. The van der Waals surface area contributed by atoms with E-state index in [2.05, 4.69) is 28.4 Å². The molecule has 0 saturated heterocycles.